The Hall–Kier alpha value is -0.900. The number of rotatable bonds is 3. The molecule has 0 aliphatic rings. The van der Waals surface area contributed by atoms with Crippen molar-refractivity contribution in [2.45, 2.75) is 12.1 Å². The summed E-state index contributed by atoms with van der Waals surface area (Å²) >= 11 is 0. The molecule has 0 saturated carbocycles. The smallest absolute Gasteiger partial charge is 0.0601 e. The molecular formula is C9H14N2O. The summed E-state index contributed by atoms with van der Waals surface area (Å²) in [5.74, 6) is 0. The molecule has 0 spiro atoms. The van der Waals surface area contributed by atoms with Crippen LogP contribution in [0.5, 0.6) is 0 Å². The van der Waals surface area contributed by atoms with Gasteiger partial charge in [0.2, 0.25) is 0 Å². The molecule has 1 aromatic carbocycles. The van der Waals surface area contributed by atoms with E-state index in [0.29, 0.717) is 0 Å². The summed E-state index contributed by atoms with van der Waals surface area (Å²) in [5, 5.41) is 8.76. The zero-order chi connectivity index (χ0) is 8.97. The summed E-state index contributed by atoms with van der Waals surface area (Å²) in [6.45, 7) is -0.0872. The third-order valence-corrected chi connectivity index (χ3v) is 1.86. The van der Waals surface area contributed by atoms with Gasteiger partial charge in [-0.05, 0) is 5.56 Å². The van der Waals surface area contributed by atoms with Gasteiger partial charge in [0.15, 0.2) is 0 Å². The van der Waals surface area contributed by atoms with E-state index in [0.717, 1.165) is 5.56 Å². The summed E-state index contributed by atoms with van der Waals surface area (Å²) in [7, 11) is 0. The van der Waals surface area contributed by atoms with Crippen molar-refractivity contribution in [3.63, 3.8) is 0 Å². The second kappa shape index (κ2) is 4.21. The van der Waals surface area contributed by atoms with Gasteiger partial charge in [0, 0.05) is 12.1 Å². The van der Waals surface area contributed by atoms with Crippen molar-refractivity contribution in [2.75, 3.05) is 6.61 Å². The zero-order valence-electron chi connectivity index (χ0n) is 6.85. The Kier molecular flexibility index (Phi) is 3.22. The summed E-state index contributed by atoms with van der Waals surface area (Å²) in [6, 6.07) is 8.86. The number of hydrogen-bond donors (Lipinski definition) is 3. The molecule has 12 heavy (non-hydrogen) atoms. The van der Waals surface area contributed by atoms with Gasteiger partial charge in [-0.2, -0.15) is 0 Å². The maximum Gasteiger partial charge on any atom is 0.0601 e. The van der Waals surface area contributed by atoms with Crippen molar-refractivity contribution >= 4 is 0 Å². The van der Waals surface area contributed by atoms with Gasteiger partial charge in [-0.15, -0.1) is 0 Å². The molecular weight excluding hydrogens is 152 g/mol. The molecule has 1 aromatic rings. The van der Waals surface area contributed by atoms with Crippen molar-refractivity contribution in [3.8, 4) is 0 Å². The van der Waals surface area contributed by atoms with Gasteiger partial charge >= 0.3 is 0 Å². The quantitative estimate of drug-likeness (QED) is 0.592. The maximum absolute atomic E-state index is 8.76. The fraction of sp³-hybridized carbons (Fsp3) is 0.333. The van der Waals surface area contributed by atoms with Crippen LogP contribution < -0.4 is 11.5 Å². The Morgan fingerprint density at radius 1 is 1.17 bits per heavy atom. The van der Waals surface area contributed by atoms with E-state index in [-0.39, 0.29) is 18.7 Å². The molecule has 0 aliphatic heterocycles. The van der Waals surface area contributed by atoms with E-state index >= 15 is 0 Å². The van der Waals surface area contributed by atoms with Crippen LogP contribution in [0.1, 0.15) is 11.6 Å². The molecule has 1 rings (SSSR count). The van der Waals surface area contributed by atoms with Gasteiger partial charge in [-0.1, -0.05) is 30.3 Å². The van der Waals surface area contributed by atoms with Crippen LogP contribution in [-0.4, -0.2) is 17.8 Å². The number of benzene rings is 1. The molecule has 0 aromatic heterocycles. The van der Waals surface area contributed by atoms with Gasteiger partial charge in [-0.3, -0.25) is 0 Å². The number of hydrogen-bond acceptors (Lipinski definition) is 3. The first kappa shape index (κ1) is 9.19. The first-order valence-corrected chi connectivity index (χ1v) is 3.92. The van der Waals surface area contributed by atoms with Crippen LogP contribution in [-0.2, 0) is 0 Å². The summed E-state index contributed by atoms with van der Waals surface area (Å²) in [4.78, 5) is 0. The minimum Gasteiger partial charge on any atom is -0.395 e. The molecule has 0 heterocycles. The predicted octanol–water partition coefficient (Wildman–Crippen LogP) is 0.00600. The zero-order valence-corrected chi connectivity index (χ0v) is 6.85. The monoisotopic (exact) mass is 166 g/mol. The van der Waals surface area contributed by atoms with E-state index in [1.165, 1.54) is 0 Å². The lowest BCUT2D eigenvalue weighted by molar-refractivity contribution is 0.250. The van der Waals surface area contributed by atoms with Crippen LogP contribution in [0.2, 0.25) is 0 Å². The highest BCUT2D eigenvalue weighted by Gasteiger charge is 2.12. The second-order valence-corrected chi connectivity index (χ2v) is 2.78. The van der Waals surface area contributed by atoms with Crippen molar-refractivity contribution in [2.24, 2.45) is 11.5 Å². The Labute approximate surface area is 72.0 Å². The van der Waals surface area contributed by atoms with Crippen LogP contribution in [0, 0.1) is 0 Å². The average molecular weight is 166 g/mol. The number of aliphatic hydroxyl groups is 1. The normalized spacial score (nSPS) is 15.6. The highest BCUT2D eigenvalue weighted by Crippen LogP contribution is 2.11. The third kappa shape index (κ3) is 2.04. The van der Waals surface area contributed by atoms with Crippen molar-refractivity contribution < 1.29 is 5.11 Å². The Balaban J connectivity index is 2.71. The molecule has 0 radical (unpaired) electrons. The van der Waals surface area contributed by atoms with Gasteiger partial charge in [0.25, 0.3) is 0 Å². The highest BCUT2D eigenvalue weighted by molar-refractivity contribution is 5.19. The molecule has 3 heteroatoms. The molecule has 0 bridgehead atoms. The first-order valence-electron chi connectivity index (χ1n) is 3.92. The molecule has 2 atom stereocenters. The maximum atomic E-state index is 8.76. The summed E-state index contributed by atoms with van der Waals surface area (Å²) in [5.41, 5.74) is 12.3. The van der Waals surface area contributed by atoms with E-state index in [2.05, 4.69) is 0 Å². The Bertz CT molecular complexity index is 225. The minimum atomic E-state index is -0.382. The average Bonchev–Trinajstić information content (AvgIpc) is 2.17. The Morgan fingerprint density at radius 2 is 1.75 bits per heavy atom. The van der Waals surface area contributed by atoms with Crippen LogP contribution in [0.3, 0.4) is 0 Å². The van der Waals surface area contributed by atoms with Crippen molar-refractivity contribution in [3.05, 3.63) is 35.9 Å². The molecule has 5 N–H and O–H groups in total. The highest BCUT2D eigenvalue weighted by atomic mass is 16.3. The van der Waals surface area contributed by atoms with Gasteiger partial charge in [-0.25, -0.2) is 0 Å². The van der Waals surface area contributed by atoms with Crippen LogP contribution in [0.25, 0.3) is 0 Å². The van der Waals surface area contributed by atoms with Crippen molar-refractivity contribution in [1.82, 2.24) is 0 Å². The predicted molar refractivity (Wildman–Crippen MR) is 48.4 cm³/mol. The van der Waals surface area contributed by atoms with Crippen LogP contribution >= 0.6 is 0 Å². The molecule has 0 aliphatic carbocycles. The van der Waals surface area contributed by atoms with E-state index in [4.69, 9.17) is 16.6 Å². The topological polar surface area (TPSA) is 72.3 Å². The first-order chi connectivity index (χ1) is 5.75. The third-order valence-electron chi connectivity index (χ3n) is 1.86. The molecule has 0 saturated heterocycles. The van der Waals surface area contributed by atoms with Crippen molar-refractivity contribution in [1.29, 1.82) is 0 Å². The fourth-order valence-corrected chi connectivity index (χ4v) is 1.04. The number of aliphatic hydroxyl groups excluding tert-OH is 1. The second-order valence-electron chi connectivity index (χ2n) is 2.78. The van der Waals surface area contributed by atoms with E-state index in [1.807, 2.05) is 30.3 Å². The molecule has 3 nitrogen and oxygen atoms in total. The number of nitrogens with two attached hydrogens (primary N) is 2. The van der Waals surface area contributed by atoms with E-state index in [1.54, 1.807) is 0 Å². The molecule has 0 amide bonds. The molecule has 0 fully saturated rings. The van der Waals surface area contributed by atoms with E-state index in [9.17, 15) is 0 Å². The summed E-state index contributed by atoms with van der Waals surface area (Å²) < 4.78 is 0. The lowest BCUT2D eigenvalue weighted by atomic mass is 10.0. The standard InChI is InChI=1S/C9H14N2O/c10-8(6-12)9(11)7-4-2-1-3-5-7/h1-5,8-9,12H,6,10-11H2/t8-,9+/m1/s1. The van der Waals surface area contributed by atoms with Gasteiger partial charge in [0.1, 0.15) is 0 Å². The van der Waals surface area contributed by atoms with Crippen LogP contribution in [0.4, 0.5) is 0 Å². The largest absolute Gasteiger partial charge is 0.395 e. The minimum absolute atomic E-state index is 0.0872. The lowest BCUT2D eigenvalue weighted by Gasteiger charge is -2.17. The van der Waals surface area contributed by atoms with Gasteiger partial charge < -0.3 is 16.6 Å². The molecule has 66 valence electrons. The fourth-order valence-electron chi connectivity index (χ4n) is 1.04. The Morgan fingerprint density at radius 3 is 2.25 bits per heavy atom. The molecule has 0 unspecified atom stereocenters. The SMILES string of the molecule is N[C@H](CO)[C@@H](N)c1ccccc1. The lowest BCUT2D eigenvalue weighted by Crippen LogP contribution is -2.36. The van der Waals surface area contributed by atoms with E-state index < -0.39 is 0 Å². The van der Waals surface area contributed by atoms with Gasteiger partial charge in [0.05, 0.1) is 6.61 Å². The van der Waals surface area contributed by atoms with Crippen LogP contribution in [0.15, 0.2) is 30.3 Å². The summed E-state index contributed by atoms with van der Waals surface area (Å²) in [6.07, 6.45) is 0.